The molecule has 1 atom stereocenters. The summed E-state index contributed by atoms with van der Waals surface area (Å²) in [5.41, 5.74) is 4.26. The molecule has 2 aromatic carbocycles. The summed E-state index contributed by atoms with van der Waals surface area (Å²) in [6.07, 6.45) is 5.62. The molecule has 0 fully saturated rings. The van der Waals surface area contributed by atoms with E-state index >= 15 is 0 Å². The van der Waals surface area contributed by atoms with E-state index in [0.717, 1.165) is 32.4 Å². The van der Waals surface area contributed by atoms with Crippen molar-refractivity contribution in [2.45, 2.75) is 59.0 Å². The van der Waals surface area contributed by atoms with E-state index in [1.165, 1.54) is 22.6 Å². The molecule has 1 aromatic heterocycles. The third kappa shape index (κ3) is 4.24. The first kappa shape index (κ1) is 18.4. The van der Waals surface area contributed by atoms with Crippen molar-refractivity contribution in [1.29, 1.82) is 0 Å². The van der Waals surface area contributed by atoms with Crippen LogP contribution < -0.4 is 4.57 Å². The van der Waals surface area contributed by atoms with E-state index in [1.807, 2.05) is 0 Å². The molecule has 0 spiro atoms. The molecule has 0 saturated carbocycles. The van der Waals surface area contributed by atoms with Crippen molar-refractivity contribution < 1.29 is 4.57 Å². The molecule has 136 valence electrons. The second-order valence-electron chi connectivity index (χ2n) is 7.15. The van der Waals surface area contributed by atoms with Gasteiger partial charge < -0.3 is 0 Å². The van der Waals surface area contributed by atoms with Gasteiger partial charge in [0.1, 0.15) is 11.9 Å². The summed E-state index contributed by atoms with van der Waals surface area (Å²) in [5, 5.41) is 0. The molecule has 3 aromatic rings. The first-order chi connectivity index (χ1) is 12.7. The minimum absolute atomic E-state index is 0.525. The number of rotatable bonds is 8. The van der Waals surface area contributed by atoms with Crippen LogP contribution in [0.3, 0.4) is 0 Å². The number of aryl methyl sites for hydroxylation is 1. The molecule has 2 nitrogen and oxygen atoms in total. The van der Waals surface area contributed by atoms with Crippen LogP contribution in [-0.4, -0.2) is 4.57 Å². The van der Waals surface area contributed by atoms with Gasteiger partial charge >= 0.3 is 0 Å². The lowest BCUT2D eigenvalue weighted by atomic mass is 9.96. The van der Waals surface area contributed by atoms with E-state index in [-0.39, 0.29) is 0 Å². The Morgan fingerprint density at radius 3 is 2.19 bits per heavy atom. The van der Waals surface area contributed by atoms with Gasteiger partial charge in [0, 0.05) is 6.42 Å². The Labute approximate surface area is 158 Å². The molecule has 0 aliphatic heterocycles. The molecule has 0 N–H and O–H groups in total. The van der Waals surface area contributed by atoms with Gasteiger partial charge in [-0.05, 0) is 30.4 Å². The standard InChI is InChI=1S/C24H31N2/c1-4-16-26-23(17-20(3)22-14-10-7-11-15-22)19-25(5-2)24(26)18-21-12-8-6-9-13-21/h6-15,19-20H,4-5,16-18H2,1-3H3/q+1. The summed E-state index contributed by atoms with van der Waals surface area (Å²) in [6, 6.07) is 21.7. The molecule has 0 saturated heterocycles. The van der Waals surface area contributed by atoms with Gasteiger partial charge in [-0.1, -0.05) is 74.5 Å². The monoisotopic (exact) mass is 347 g/mol. The summed E-state index contributed by atoms with van der Waals surface area (Å²) in [5.74, 6) is 1.95. The van der Waals surface area contributed by atoms with Crippen LogP contribution in [0.2, 0.25) is 0 Å². The summed E-state index contributed by atoms with van der Waals surface area (Å²) < 4.78 is 5.01. The van der Waals surface area contributed by atoms with E-state index in [9.17, 15) is 0 Å². The lowest BCUT2D eigenvalue weighted by Crippen LogP contribution is -2.41. The van der Waals surface area contributed by atoms with Crippen LogP contribution in [0.4, 0.5) is 0 Å². The van der Waals surface area contributed by atoms with Gasteiger partial charge in [-0.25, -0.2) is 9.13 Å². The largest absolute Gasteiger partial charge is 0.261 e. The van der Waals surface area contributed by atoms with E-state index in [4.69, 9.17) is 0 Å². The maximum Gasteiger partial charge on any atom is 0.261 e. The molecule has 2 heteroatoms. The molecule has 0 aliphatic carbocycles. The molecule has 3 rings (SSSR count). The third-order valence-electron chi connectivity index (χ3n) is 5.17. The molecule has 0 amide bonds. The Morgan fingerprint density at radius 1 is 0.923 bits per heavy atom. The van der Waals surface area contributed by atoms with Crippen molar-refractivity contribution in [3.63, 3.8) is 0 Å². The van der Waals surface area contributed by atoms with E-state index in [2.05, 4.69) is 96.8 Å². The van der Waals surface area contributed by atoms with Gasteiger partial charge in [-0.2, -0.15) is 0 Å². The Morgan fingerprint density at radius 2 is 1.58 bits per heavy atom. The van der Waals surface area contributed by atoms with Crippen LogP contribution in [0.25, 0.3) is 0 Å². The predicted molar refractivity (Wildman–Crippen MR) is 108 cm³/mol. The molecule has 1 heterocycles. The quantitative estimate of drug-likeness (QED) is 0.499. The highest BCUT2D eigenvalue weighted by molar-refractivity contribution is 5.21. The molecular formula is C24H31N2+. The van der Waals surface area contributed by atoms with Gasteiger partial charge in [0.05, 0.1) is 19.5 Å². The first-order valence-corrected chi connectivity index (χ1v) is 9.92. The van der Waals surface area contributed by atoms with Crippen LogP contribution in [0.15, 0.2) is 66.9 Å². The maximum absolute atomic E-state index is 2.57. The van der Waals surface area contributed by atoms with Crippen LogP contribution in [-0.2, 0) is 25.9 Å². The highest BCUT2D eigenvalue weighted by atomic mass is 15.2. The van der Waals surface area contributed by atoms with Crippen LogP contribution in [0.1, 0.15) is 55.8 Å². The zero-order valence-electron chi connectivity index (χ0n) is 16.4. The molecule has 0 aliphatic rings. The number of nitrogens with zero attached hydrogens (tertiary/aromatic N) is 2. The van der Waals surface area contributed by atoms with Gasteiger partial charge in [0.15, 0.2) is 0 Å². The summed E-state index contributed by atoms with van der Waals surface area (Å²) >= 11 is 0. The third-order valence-corrected chi connectivity index (χ3v) is 5.17. The van der Waals surface area contributed by atoms with E-state index in [0.29, 0.717) is 5.92 Å². The van der Waals surface area contributed by atoms with Crippen molar-refractivity contribution in [3.8, 4) is 0 Å². The van der Waals surface area contributed by atoms with E-state index in [1.54, 1.807) is 0 Å². The van der Waals surface area contributed by atoms with Crippen LogP contribution in [0.5, 0.6) is 0 Å². The molecule has 0 bridgehead atoms. The van der Waals surface area contributed by atoms with Crippen molar-refractivity contribution in [3.05, 3.63) is 89.5 Å². The van der Waals surface area contributed by atoms with Gasteiger partial charge in [-0.15, -0.1) is 0 Å². The van der Waals surface area contributed by atoms with Crippen molar-refractivity contribution in [2.24, 2.45) is 0 Å². The SMILES string of the molecule is CCC[n+]1c(CC(C)c2ccccc2)cn(CC)c1Cc1ccccc1. The second-order valence-corrected chi connectivity index (χ2v) is 7.15. The number of benzene rings is 2. The fourth-order valence-corrected chi connectivity index (χ4v) is 3.77. The smallest absolute Gasteiger partial charge is 0.234 e. The Hall–Kier alpha value is -2.35. The number of hydrogen-bond donors (Lipinski definition) is 0. The average molecular weight is 348 g/mol. The lowest BCUT2D eigenvalue weighted by Gasteiger charge is -2.11. The maximum atomic E-state index is 2.57. The Bertz CT molecular complexity index is 803. The fourth-order valence-electron chi connectivity index (χ4n) is 3.77. The molecular weight excluding hydrogens is 316 g/mol. The van der Waals surface area contributed by atoms with Gasteiger partial charge in [-0.3, -0.25) is 0 Å². The summed E-state index contributed by atoms with van der Waals surface area (Å²) in [6.45, 7) is 8.96. The summed E-state index contributed by atoms with van der Waals surface area (Å²) in [7, 11) is 0. The zero-order valence-corrected chi connectivity index (χ0v) is 16.4. The topological polar surface area (TPSA) is 8.81 Å². The Balaban J connectivity index is 1.92. The van der Waals surface area contributed by atoms with Gasteiger partial charge in [0.2, 0.25) is 0 Å². The molecule has 0 radical (unpaired) electrons. The number of imidazole rings is 1. The first-order valence-electron chi connectivity index (χ1n) is 9.92. The van der Waals surface area contributed by atoms with Crippen molar-refractivity contribution >= 4 is 0 Å². The minimum Gasteiger partial charge on any atom is -0.234 e. The van der Waals surface area contributed by atoms with Crippen LogP contribution >= 0.6 is 0 Å². The second kappa shape index (κ2) is 8.84. The van der Waals surface area contributed by atoms with Crippen LogP contribution in [0, 0.1) is 0 Å². The van der Waals surface area contributed by atoms with Crippen molar-refractivity contribution in [1.82, 2.24) is 4.57 Å². The van der Waals surface area contributed by atoms with Gasteiger partial charge in [0.25, 0.3) is 5.82 Å². The number of hydrogen-bond acceptors (Lipinski definition) is 0. The highest BCUT2D eigenvalue weighted by Gasteiger charge is 2.23. The normalized spacial score (nSPS) is 12.3. The van der Waals surface area contributed by atoms with E-state index < -0.39 is 0 Å². The zero-order chi connectivity index (χ0) is 18.4. The molecule has 1 unspecified atom stereocenters. The molecule has 26 heavy (non-hydrogen) atoms. The Kier molecular flexibility index (Phi) is 6.27. The van der Waals surface area contributed by atoms with Crippen molar-refractivity contribution in [2.75, 3.05) is 0 Å². The minimum atomic E-state index is 0.525. The lowest BCUT2D eigenvalue weighted by molar-refractivity contribution is -0.710. The number of aromatic nitrogens is 2. The predicted octanol–water partition coefficient (Wildman–Crippen LogP) is 5.14. The average Bonchev–Trinajstić information content (AvgIpc) is 3.00. The fraction of sp³-hybridized carbons (Fsp3) is 0.375. The summed E-state index contributed by atoms with van der Waals surface area (Å²) in [4.78, 5) is 0. The highest BCUT2D eigenvalue weighted by Crippen LogP contribution is 2.20.